The van der Waals surface area contributed by atoms with Gasteiger partial charge in [-0.05, 0) is 43.2 Å². The number of benzene rings is 2. The second-order valence-electron chi connectivity index (χ2n) is 6.91. The highest BCUT2D eigenvalue weighted by Gasteiger charge is 2.26. The molecule has 1 N–H and O–H groups in total. The normalized spacial score (nSPS) is 11.5. The van der Waals surface area contributed by atoms with Crippen LogP contribution in [0.1, 0.15) is 32.3 Å². The molecule has 0 heterocycles. The molecule has 1 atom stereocenters. The number of methoxy groups -OCH3 is 1. The number of rotatable bonds is 11. The van der Waals surface area contributed by atoms with E-state index in [4.69, 9.17) is 21.1 Å². The first-order valence-electron chi connectivity index (χ1n) is 10.0. The Morgan fingerprint density at radius 3 is 2.47 bits per heavy atom. The summed E-state index contributed by atoms with van der Waals surface area (Å²) in [6.07, 6.45) is 1.87. The number of hydrogen-bond donors (Lipinski definition) is 1. The lowest BCUT2D eigenvalue weighted by Gasteiger charge is -2.29. The Labute approximate surface area is 183 Å². The largest absolute Gasteiger partial charge is 0.497 e. The van der Waals surface area contributed by atoms with Crippen LogP contribution < -0.4 is 14.8 Å². The van der Waals surface area contributed by atoms with E-state index in [9.17, 15) is 9.59 Å². The molecule has 7 heteroatoms. The van der Waals surface area contributed by atoms with Crippen molar-refractivity contribution in [2.75, 3.05) is 20.3 Å². The van der Waals surface area contributed by atoms with E-state index in [0.717, 1.165) is 24.2 Å². The number of unbranched alkanes of at least 4 members (excludes halogenated alkanes) is 1. The van der Waals surface area contributed by atoms with Gasteiger partial charge in [-0.1, -0.05) is 49.2 Å². The van der Waals surface area contributed by atoms with Crippen LogP contribution >= 0.6 is 11.6 Å². The molecule has 0 saturated carbocycles. The van der Waals surface area contributed by atoms with Gasteiger partial charge in [-0.2, -0.15) is 0 Å². The summed E-state index contributed by atoms with van der Waals surface area (Å²) in [6, 6.07) is 13.7. The molecule has 0 bridgehead atoms. The molecule has 0 aliphatic carbocycles. The van der Waals surface area contributed by atoms with Gasteiger partial charge in [-0.3, -0.25) is 9.59 Å². The molecule has 0 saturated heterocycles. The Morgan fingerprint density at radius 2 is 1.83 bits per heavy atom. The summed E-state index contributed by atoms with van der Waals surface area (Å²) in [7, 11) is 1.60. The minimum atomic E-state index is -0.647. The standard InChI is InChI=1S/C23H29ClN2O4/c1-4-5-14-25-23(28)17(2)26(15-18-10-12-19(29-3)13-11-18)22(27)16-30-21-9-7-6-8-20(21)24/h6-13,17H,4-5,14-16H2,1-3H3,(H,25,28). The van der Waals surface area contributed by atoms with E-state index in [-0.39, 0.29) is 25.0 Å². The third kappa shape index (κ3) is 6.95. The Hall–Kier alpha value is -2.73. The van der Waals surface area contributed by atoms with Crippen molar-refractivity contribution in [3.05, 3.63) is 59.1 Å². The Kier molecular flexibility index (Phi) is 9.48. The van der Waals surface area contributed by atoms with Crippen molar-refractivity contribution >= 4 is 23.4 Å². The zero-order valence-electron chi connectivity index (χ0n) is 17.7. The number of amides is 2. The van der Waals surface area contributed by atoms with Gasteiger partial charge < -0.3 is 19.7 Å². The predicted molar refractivity (Wildman–Crippen MR) is 118 cm³/mol. The van der Waals surface area contributed by atoms with Gasteiger partial charge in [-0.15, -0.1) is 0 Å². The first-order chi connectivity index (χ1) is 14.5. The van der Waals surface area contributed by atoms with Gasteiger partial charge in [0.1, 0.15) is 17.5 Å². The van der Waals surface area contributed by atoms with Crippen LogP contribution in [0, 0.1) is 0 Å². The molecule has 1 unspecified atom stereocenters. The Morgan fingerprint density at radius 1 is 1.13 bits per heavy atom. The van der Waals surface area contributed by atoms with Gasteiger partial charge in [0, 0.05) is 13.1 Å². The van der Waals surface area contributed by atoms with E-state index >= 15 is 0 Å². The van der Waals surface area contributed by atoms with Crippen molar-refractivity contribution < 1.29 is 19.1 Å². The first-order valence-corrected chi connectivity index (χ1v) is 10.4. The van der Waals surface area contributed by atoms with E-state index in [1.54, 1.807) is 38.3 Å². The average molecular weight is 433 g/mol. The molecule has 0 aromatic heterocycles. The third-order valence-corrected chi connectivity index (χ3v) is 5.01. The molecular formula is C23H29ClN2O4. The van der Waals surface area contributed by atoms with Crippen LogP contribution in [0.4, 0.5) is 0 Å². The number of nitrogens with zero attached hydrogens (tertiary/aromatic N) is 1. The summed E-state index contributed by atoms with van der Waals surface area (Å²) in [5.41, 5.74) is 0.884. The van der Waals surface area contributed by atoms with Crippen molar-refractivity contribution in [3.8, 4) is 11.5 Å². The van der Waals surface area contributed by atoms with Crippen molar-refractivity contribution in [1.82, 2.24) is 10.2 Å². The summed E-state index contributed by atoms with van der Waals surface area (Å²) < 4.78 is 10.8. The minimum Gasteiger partial charge on any atom is -0.497 e. The highest BCUT2D eigenvalue weighted by Crippen LogP contribution is 2.23. The fourth-order valence-electron chi connectivity index (χ4n) is 2.83. The molecule has 2 aromatic rings. The molecule has 0 aliphatic heterocycles. The number of hydrogen-bond acceptors (Lipinski definition) is 4. The lowest BCUT2D eigenvalue weighted by molar-refractivity contribution is -0.142. The Balaban J connectivity index is 2.12. The molecule has 0 spiro atoms. The van der Waals surface area contributed by atoms with Crippen LogP contribution in [0.2, 0.25) is 5.02 Å². The highest BCUT2D eigenvalue weighted by atomic mass is 35.5. The number of para-hydroxylation sites is 1. The fourth-order valence-corrected chi connectivity index (χ4v) is 3.02. The first kappa shape index (κ1) is 23.5. The topological polar surface area (TPSA) is 67.9 Å². The third-order valence-electron chi connectivity index (χ3n) is 4.70. The van der Waals surface area contributed by atoms with Crippen LogP contribution in [0.3, 0.4) is 0 Å². The molecule has 2 aromatic carbocycles. The molecule has 30 heavy (non-hydrogen) atoms. The predicted octanol–water partition coefficient (Wildman–Crippen LogP) is 4.06. The van der Waals surface area contributed by atoms with E-state index in [2.05, 4.69) is 12.2 Å². The number of carbonyl (C=O) groups excluding carboxylic acids is 2. The number of ether oxygens (including phenoxy) is 2. The van der Waals surface area contributed by atoms with Gasteiger partial charge in [0.25, 0.3) is 5.91 Å². The minimum absolute atomic E-state index is 0.192. The fraction of sp³-hybridized carbons (Fsp3) is 0.391. The lowest BCUT2D eigenvalue weighted by Crippen LogP contribution is -2.49. The van der Waals surface area contributed by atoms with Crippen molar-refractivity contribution in [1.29, 1.82) is 0 Å². The quantitative estimate of drug-likeness (QED) is 0.544. The highest BCUT2D eigenvalue weighted by molar-refractivity contribution is 6.32. The van der Waals surface area contributed by atoms with Gasteiger partial charge >= 0.3 is 0 Å². The summed E-state index contributed by atoms with van der Waals surface area (Å²) in [4.78, 5) is 27.1. The molecule has 0 radical (unpaired) electrons. The summed E-state index contributed by atoms with van der Waals surface area (Å²) >= 11 is 6.10. The van der Waals surface area contributed by atoms with E-state index in [0.29, 0.717) is 17.3 Å². The summed E-state index contributed by atoms with van der Waals surface area (Å²) in [6.45, 7) is 4.42. The lowest BCUT2D eigenvalue weighted by atomic mass is 10.1. The van der Waals surface area contributed by atoms with Crippen molar-refractivity contribution in [3.63, 3.8) is 0 Å². The van der Waals surface area contributed by atoms with E-state index in [1.165, 1.54) is 4.90 Å². The number of halogens is 1. The van der Waals surface area contributed by atoms with Crippen LogP contribution in [-0.4, -0.2) is 43.0 Å². The Bertz CT molecular complexity index is 826. The second kappa shape index (κ2) is 12.1. The van der Waals surface area contributed by atoms with Crippen molar-refractivity contribution in [2.45, 2.75) is 39.3 Å². The summed E-state index contributed by atoms with van der Waals surface area (Å²) in [5, 5.41) is 3.32. The second-order valence-corrected chi connectivity index (χ2v) is 7.32. The zero-order chi connectivity index (χ0) is 21.9. The van der Waals surface area contributed by atoms with Gasteiger partial charge in [0.2, 0.25) is 5.91 Å². The number of carbonyl (C=O) groups is 2. The monoisotopic (exact) mass is 432 g/mol. The molecule has 0 aliphatic rings. The van der Waals surface area contributed by atoms with E-state index < -0.39 is 6.04 Å². The van der Waals surface area contributed by atoms with Gasteiger partial charge in [0.15, 0.2) is 6.61 Å². The maximum absolute atomic E-state index is 13.0. The zero-order valence-corrected chi connectivity index (χ0v) is 18.4. The molecule has 2 amide bonds. The molecule has 2 rings (SSSR count). The molecule has 162 valence electrons. The smallest absolute Gasteiger partial charge is 0.261 e. The van der Waals surface area contributed by atoms with Gasteiger partial charge in [0.05, 0.1) is 12.1 Å². The summed E-state index contributed by atoms with van der Waals surface area (Å²) in [5.74, 6) is 0.660. The van der Waals surface area contributed by atoms with E-state index in [1.807, 2.05) is 24.3 Å². The van der Waals surface area contributed by atoms with Crippen LogP contribution in [0.25, 0.3) is 0 Å². The van der Waals surface area contributed by atoms with Gasteiger partial charge in [-0.25, -0.2) is 0 Å². The van der Waals surface area contributed by atoms with Crippen LogP contribution in [-0.2, 0) is 16.1 Å². The number of nitrogens with one attached hydrogen (secondary N) is 1. The SMILES string of the molecule is CCCCNC(=O)C(C)N(Cc1ccc(OC)cc1)C(=O)COc1ccccc1Cl. The maximum Gasteiger partial charge on any atom is 0.261 e. The average Bonchev–Trinajstić information content (AvgIpc) is 2.76. The van der Waals surface area contributed by atoms with Crippen LogP contribution in [0.15, 0.2) is 48.5 Å². The van der Waals surface area contributed by atoms with Crippen molar-refractivity contribution in [2.24, 2.45) is 0 Å². The van der Waals surface area contributed by atoms with Crippen LogP contribution in [0.5, 0.6) is 11.5 Å². The maximum atomic E-state index is 13.0. The molecule has 6 nitrogen and oxygen atoms in total. The molecular weight excluding hydrogens is 404 g/mol. The molecule has 0 fully saturated rings.